The minimum Gasteiger partial charge on any atom is -0.390 e. The minimum absolute atomic E-state index is 0.116. The van der Waals surface area contributed by atoms with Crippen molar-refractivity contribution in [2.24, 2.45) is 0 Å². The highest BCUT2D eigenvalue weighted by atomic mass is 31.3. The summed E-state index contributed by atoms with van der Waals surface area (Å²) in [5.74, 6) is 8.08. The number of nitrogen functional groups attached to an aromatic ring is 1. The van der Waals surface area contributed by atoms with Gasteiger partial charge in [0.1, 0.15) is 18.1 Å². The van der Waals surface area contributed by atoms with Crippen LogP contribution in [-0.4, -0.2) is 53.0 Å². The summed E-state index contributed by atoms with van der Waals surface area (Å²) in [6.45, 7) is -0.886. The van der Waals surface area contributed by atoms with Gasteiger partial charge in [0.15, 0.2) is 0 Å². The second kappa shape index (κ2) is 12.6. The topological polar surface area (TPSA) is 250 Å². The maximum atomic E-state index is 12.3. The summed E-state index contributed by atoms with van der Waals surface area (Å²) in [7, 11) is -16.7. The zero-order chi connectivity index (χ0) is 27.1. The second-order valence-electron chi connectivity index (χ2n) is 7.26. The number of hydrogen-bond acceptors (Lipinski definition) is 11. The van der Waals surface area contributed by atoms with Crippen molar-refractivity contribution in [3.63, 3.8) is 0 Å². The lowest BCUT2D eigenvalue weighted by atomic mass is 10.2. The molecule has 0 amide bonds. The van der Waals surface area contributed by atoms with Gasteiger partial charge in [-0.1, -0.05) is 11.8 Å². The van der Waals surface area contributed by atoms with Crippen LogP contribution in [0.5, 0.6) is 0 Å². The molecule has 0 spiro atoms. The Kier molecular flexibility index (Phi) is 10.6. The number of hydrogen-bond donors (Lipinski definition) is 6. The van der Waals surface area contributed by atoms with Crippen molar-refractivity contribution in [1.82, 2.24) is 9.55 Å². The van der Waals surface area contributed by atoms with Gasteiger partial charge in [-0.25, -0.2) is 18.5 Å². The summed E-state index contributed by atoms with van der Waals surface area (Å²) in [6.07, 6.45) is 5.23. The molecule has 200 valence electrons. The average molecular weight is 571 g/mol. The number of unbranched alkanes of at least 4 members (excludes halogenated alkanes) is 3. The molecule has 36 heavy (non-hydrogen) atoms. The number of aromatic nitrogens is 2. The van der Waals surface area contributed by atoms with Crippen molar-refractivity contribution >= 4 is 29.3 Å². The van der Waals surface area contributed by atoms with E-state index in [4.69, 9.17) is 31.6 Å². The molecule has 19 heteroatoms. The van der Waals surface area contributed by atoms with E-state index in [0.717, 1.165) is 17.4 Å². The third kappa shape index (κ3) is 9.88. The molecule has 1 aromatic rings. The lowest BCUT2D eigenvalue weighted by Crippen LogP contribution is -2.29. The van der Waals surface area contributed by atoms with E-state index in [1.165, 1.54) is 6.20 Å². The van der Waals surface area contributed by atoms with E-state index in [1.807, 2.05) is 0 Å². The lowest BCUT2D eigenvalue weighted by molar-refractivity contribution is -0.0449. The first-order chi connectivity index (χ1) is 16.6. The van der Waals surface area contributed by atoms with Crippen molar-refractivity contribution in [2.75, 3.05) is 12.3 Å². The first-order valence-corrected chi connectivity index (χ1v) is 14.6. The van der Waals surface area contributed by atoms with E-state index in [1.54, 1.807) is 0 Å². The molecular weight excluding hydrogens is 547 g/mol. The van der Waals surface area contributed by atoms with Gasteiger partial charge in [-0.3, -0.25) is 9.09 Å². The standard InChI is InChI=1S/C17H24N3O13P3/c1-2-3-4-5-6-7-8-12-10-20(17(22)19-16(12)18)15-9-13(21)14(31-15)11-30-35(26,27)33-36(28,29)32-34(23,24)25/h1,10,13-15,21H,3-6,9,11H2,(H,26,27)(H,28,29)(H2,18,19,22)(H2,23,24,25)/t13-,14+,15+/m0/s1. The number of nitrogens with two attached hydrogens (primary N) is 1. The molecule has 2 heterocycles. The first kappa shape index (κ1) is 30.4. The third-order valence-corrected chi connectivity index (χ3v) is 8.21. The highest BCUT2D eigenvalue weighted by Crippen LogP contribution is 2.66. The smallest absolute Gasteiger partial charge is 0.390 e. The Bertz CT molecular complexity index is 1240. The van der Waals surface area contributed by atoms with Crippen molar-refractivity contribution in [2.45, 2.75) is 50.5 Å². The molecule has 16 nitrogen and oxygen atoms in total. The molecule has 1 aliphatic heterocycles. The number of phosphoric ester groups is 1. The number of phosphoric acid groups is 3. The van der Waals surface area contributed by atoms with Crippen molar-refractivity contribution < 1.29 is 56.3 Å². The number of aliphatic hydroxyl groups is 1. The predicted molar refractivity (Wildman–Crippen MR) is 121 cm³/mol. The maximum Gasteiger partial charge on any atom is 0.490 e. The number of nitrogens with zero attached hydrogens (tertiary/aromatic N) is 2. The monoisotopic (exact) mass is 571 g/mol. The fraction of sp³-hybridized carbons (Fsp3) is 0.529. The van der Waals surface area contributed by atoms with Crippen LogP contribution in [0.1, 0.15) is 43.9 Å². The van der Waals surface area contributed by atoms with Gasteiger partial charge >= 0.3 is 29.2 Å². The van der Waals surface area contributed by atoms with Gasteiger partial charge in [0.2, 0.25) is 0 Å². The van der Waals surface area contributed by atoms with E-state index in [-0.39, 0.29) is 17.8 Å². The van der Waals surface area contributed by atoms with Crippen LogP contribution in [0, 0.1) is 24.2 Å². The van der Waals surface area contributed by atoms with Crippen molar-refractivity contribution in [3.05, 3.63) is 22.2 Å². The normalized spacial score (nSPS) is 23.2. The molecule has 1 aromatic heterocycles. The third-order valence-electron chi connectivity index (χ3n) is 4.41. The molecule has 7 N–H and O–H groups in total. The Morgan fingerprint density at radius 3 is 2.47 bits per heavy atom. The zero-order valence-corrected chi connectivity index (χ0v) is 21.1. The summed E-state index contributed by atoms with van der Waals surface area (Å²) in [6, 6.07) is 0. The van der Waals surface area contributed by atoms with Crippen LogP contribution < -0.4 is 11.4 Å². The van der Waals surface area contributed by atoms with E-state index in [9.17, 15) is 28.5 Å². The van der Waals surface area contributed by atoms with E-state index < -0.39 is 54.2 Å². The Labute approximate surface area is 204 Å². The minimum atomic E-state index is -5.70. The molecule has 2 rings (SSSR count). The van der Waals surface area contributed by atoms with Gasteiger partial charge in [-0.15, -0.1) is 12.3 Å². The summed E-state index contributed by atoms with van der Waals surface area (Å²) in [4.78, 5) is 51.7. The fourth-order valence-corrected chi connectivity index (χ4v) is 5.92. The van der Waals surface area contributed by atoms with Gasteiger partial charge in [0.25, 0.3) is 0 Å². The molecule has 0 saturated carbocycles. The highest BCUT2D eigenvalue weighted by Gasteiger charge is 2.43. The second-order valence-corrected chi connectivity index (χ2v) is 11.7. The van der Waals surface area contributed by atoms with Crippen molar-refractivity contribution in [3.8, 4) is 24.2 Å². The SMILES string of the molecule is C#CCCCCC#Cc1cn([C@H]2C[C@H](O)[C@@H](COP(=O)(O)OP(=O)(O)OP(=O)(O)O)O2)c(=O)nc1N. The fourth-order valence-electron chi connectivity index (χ4n) is 2.89. The molecule has 5 atom stereocenters. The zero-order valence-electron chi connectivity index (χ0n) is 18.4. The maximum absolute atomic E-state index is 12.3. The molecule has 2 unspecified atom stereocenters. The van der Waals surface area contributed by atoms with Crippen LogP contribution in [0.4, 0.5) is 5.82 Å². The van der Waals surface area contributed by atoms with Crippen LogP contribution in [0.25, 0.3) is 0 Å². The molecule has 1 saturated heterocycles. The van der Waals surface area contributed by atoms with Crippen LogP contribution in [0.3, 0.4) is 0 Å². The Morgan fingerprint density at radius 1 is 1.17 bits per heavy atom. The Morgan fingerprint density at radius 2 is 1.83 bits per heavy atom. The molecule has 0 radical (unpaired) electrons. The molecule has 0 aromatic carbocycles. The molecule has 0 bridgehead atoms. The highest BCUT2D eigenvalue weighted by molar-refractivity contribution is 7.66. The van der Waals surface area contributed by atoms with Crippen LogP contribution in [0.15, 0.2) is 11.0 Å². The van der Waals surface area contributed by atoms with Gasteiger partial charge < -0.3 is 35.2 Å². The molecular formula is C17H24N3O13P3. The number of rotatable bonds is 11. The number of aliphatic hydroxyl groups excluding tert-OH is 1. The number of ether oxygens (including phenoxy) is 1. The summed E-state index contributed by atoms with van der Waals surface area (Å²) < 4.78 is 52.0. The van der Waals surface area contributed by atoms with Crippen LogP contribution >= 0.6 is 23.5 Å². The van der Waals surface area contributed by atoms with E-state index >= 15 is 0 Å². The van der Waals surface area contributed by atoms with Crippen LogP contribution in [-0.2, 0) is 31.6 Å². The summed E-state index contributed by atoms with van der Waals surface area (Å²) >= 11 is 0. The first-order valence-electron chi connectivity index (χ1n) is 10.1. The Hall–Kier alpha value is -1.87. The largest absolute Gasteiger partial charge is 0.490 e. The van der Waals surface area contributed by atoms with E-state index in [0.29, 0.717) is 12.8 Å². The van der Waals surface area contributed by atoms with Crippen LogP contribution in [0.2, 0.25) is 0 Å². The number of anilines is 1. The summed E-state index contributed by atoms with van der Waals surface area (Å²) in [5, 5.41) is 10.2. The summed E-state index contributed by atoms with van der Waals surface area (Å²) in [5.41, 5.74) is 5.15. The lowest BCUT2D eigenvalue weighted by Gasteiger charge is -2.19. The Balaban J connectivity index is 2.05. The van der Waals surface area contributed by atoms with E-state index in [2.05, 4.69) is 35.9 Å². The van der Waals surface area contributed by atoms with Gasteiger partial charge in [-0.2, -0.15) is 13.6 Å². The molecule has 0 aliphatic carbocycles. The van der Waals surface area contributed by atoms with Gasteiger partial charge in [0, 0.05) is 25.5 Å². The average Bonchev–Trinajstić information content (AvgIpc) is 3.08. The van der Waals surface area contributed by atoms with Gasteiger partial charge in [0.05, 0.1) is 18.3 Å². The van der Waals surface area contributed by atoms with Crippen molar-refractivity contribution in [1.29, 1.82) is 0 Å². The molecule has 1 aliphatic rings. The quantitative estimate of drug-likeness (QED) is 0.119. The predicted octanol–water partition coefficient (Wildman–Crippen LogP) is 0.362. The molecule has 1 fully saturated rings. The number of terminal acetylenes is 1. The van der Waals surface area contributed by atoms with Gasteiger partial charge in [-0.05, 0) is 12.8 Å².